The normalized spacial score (nSPS) is 10.3. The maximum atomic E-state index is 5.98. The number of ether oxygens (including phenoxy) is 1. The van der Waals surface area contributed by atoms with Crippen molar-refractivity contribution in [3.8, 4) is 0 Å². The fourth-order valence-electron chi connectivity index (χ4n) is 1.18. The molecule has 0 unspecified atom stereocenters. The number of nitrogens with one attached hydrogen (secondary N) is 2. The smallest absolute Gasteiger partial charge is 0.126 e. The summed E-state index contributed by atoms with van der Waals surface area (Å²) in [5, 5.41) is 6.89. The van der Waals surface area contributed by atoms with Gasteiger partial charge in [-0.1, -0.05) is 11.6 Å². The van der Waals surface area contributed by atoms with Crippen LogP contribution in [0.4, 0.5) is 5.82 Å². The minimum atomic E-state index is 0.658. The number of nitrogens with zero attached hydrogens (tertiary/aromatic N) is 1. The molecule has 4 nitrogen and oxygen atoms in total. The fourth-order valence-corrected chi connectivity index (χ4v) is 1.35. The highest BCUT2D eigenvalue weighted by atomic mass is 35.5. The Labute approximate surface area is 95.0 Å². The van der Waals surface area contributed by atoms with E-state index in [1.807, 2.05) is 13.1 Å². The van der Waals surface area contributed by atoms with Crippen molar-refractivity contribution < 1.29 is 4.74 Å². The average molecular weight is 230 g/mol. The number of hydrogen-bond donors (Lipinski definition) is 2. The molecule has 2 N–H and O–H groups in total. The molecule has 15 heavy (non-hydrogen) atoms. The molecule has 0 amide bonds. The van der Waals surface area contributed by atoms with E-state index in [0.29, 0.717) is 11.6 Å². The Morgan fingerprint density at radius 1 is 1.53 bits per heavy atom. The minimum absolute atomic E-state index is 0.658. The van der Waals surface area contributed by atoms with Gasteiger partial charge >= 0.3 is 0 Å². The molecule has 0 saturated heterocycles. The summed E-state index contributed by atoms with van der Waals surface area (Å²) in [5.74, 6) is 0.821. The van der Waals surface area contributed by atoms with Gasteiger partial charge in [-0.2, -0.15) is 0 Å². The van der Waals surface area contributed by atoms with E-state index in [1.165, 1.54) is 0 Å². The van der Waals surface area contributed by atoms with Gasteiger partial charge in [-0.05, 0) is 18.7 Å². The molecule has 0 aromatic carbocycles. The lowest BCUT2D eigenvalue weighted by molar-refractivity contribution is 0.210. The van der Waals surface area contributed by atoms with Crippen molar-refractivity contribution >= 4 is 17.4 Å². The topological polar surface area (TPSA) is 46.2 Å². The van der Waals surface area contributed by atoms with Gasteiger partial charge in [0.15, 0.2) is 0 Å². The first kappa shape index (κ1) is 12.2. The SMILES string of the molecule is CNCc1cc(NCCOC)ncc1Cl. The molecule has 0 saturated carbocycles. The quantitative estimate of drug-likeness (QED) is 0.726. The van der Waals surface area contributed by atoms with E-state index in [4.69, 9.17) is 16.3 Å². The molecular weight excluding hydrogens is 214 g/mol. The lowest BCUT2D eigenvalue weighted by Crippen LogP contribution is -2.10. The van der Waals surface area contributed by atoms with Crippen LogP contribution >= 0.6 is 11.6 Å². The number of halogens is 1. The molecule has 1 heterocycles. The highest BCUT2D eigenvalue weighted by Gasteiger charge is 2.01. The summed E-state index contributed by atoms with van der Waals surface area (Å²) in [4.78, 5) is 4.17. The van der Waals surface area contributed by atoms with E-state index in [2.05, 4.69) is 15.6 Å². The molecule has 1 aromatic heterocycles. The Morgan fingerprint density at radius 3 is 3.00 bits per heavy atom. The van der Waals surface area contributed by atoms with Crippen molar-refractivity contribution in [2.45, 2.75) is 6.54 Å². The van der Waals surface area contributed by atoms with E-state index in [1.54, 1.807) is 13.3 Å². The van der Waals surface area contributed by atoms with Crippen molar-refractivity contribution in [2.24, 2.45) is 0 Å². The summed E-state index contributed by atoms with van der Waals surface area (Å²) in [6, 6.07) is 1.94. The maximum Gasteiger partial charge on any atom is 0.126 e. The highest BCUT2D eigenvalue weighted by Crippen LogP contribution is 2.17. The summed E-state index contributed by atoms with van der Waals surface area (Å²) >= 11 is 5.98. The molecule has 0 aliphatic heterocycles. The van der Waals surface area contributed by atoms with Gasteiger partial charge < -0.3 is 15.4 Å². The number of pyridine rings is 1. The first-order chi connectivity index (χ1) is 7.27. The summed E-state index contributed by atoms with van der Waals surface area (Å²) < 4.78 is 4.94. The van der Waals surface area contributed by atoms with Crippen LogP contribution in [0, 0.1) is 0 Å². The highest BCUT2D eigenvalue weighted by molar-refractivity contribution is 6.31. The second-order valence-corrected chi connectivity index (χ2v) is 3.52. The third-order valence-corrected chi connectivity index (χ3v) is 2.25. The van der Waals surface area contributed by atoms with Crippen molar-refractivity contribution in [3.05, 3.63) is 22.8 Å². The van der Waals surface area contributed by atoms with Gasteiger partial charge in [0.2, 0.25) is 0 Å². The van der Waals surface area contributed by atoms with E-state index in [0.717, 1.165) is 24.5 Å². The molecule has 1 rings (SSSR count). The van der Waals surface area contributed by atoms with Gasteiger partial charge in [0.05, 0.1) is 11.6 Å². The molecule has 5 heteroatoms. The fraction of sp³-hybridized carbons (Fsp3) is 0.500. The zero-order chi connectivity index (χ0) is 11.1. The van der Waals surface area contributed by atoms with Gasteiger partial charge in [0.25, 0.3) is 0 Å². The summed E-state index contributed by atoms with van der Waals surface area (Å²) in [6.45, 7) is 2.14. The van der Waals surface area contributed by atoms with Crippen LogP contribution in [0.15, 0.2) is 12.3 Å². The molecule has 84 valence electrons. The Hall–Kier alpha value is -0.840. The predicted octanol–water partition coefficient (Wildman–Crippen LogP) is 1.51. The molecule has 0 fully saturated rings. The van der Waals surface area contributed by atoms with Crippen LogP contribution < -0.4 is 10.6 Å². The first-order valence-electron chi connectivity index (χ1n) is 4.79. The Balaban J connectivity index is 2.61. The Kier molecular flexibility index (Phi) is 5.39. The van der Waals surface area contributed by atoms with Gasteiger partial charge in [-0.3, -0.25) is 0 Å². The first-order valence-corrected chi connectivity index (χ1v) is 5.17. The van der Waals surface area contributed by atoms with E-state index in [9.17, 15) is 0 Å². The average Bonchev–Trinajstić information content (AvgIpc) is 2.23. The van der Waals surface area contributed by atoms with Crippen molar-refractivity contribution in [1.82, 2.24) is 10.3 Å². The molecule has 0 radical (unpaired) electrons. The van der Waals surface area contributed by atoms with Crippen molar-refractivity contribution in [3.63, 3.8) is 0 Å². The molecule has 0 aliphatic carbocycles. The third kappa shape index (κ3) is 4.03. The van der Waals surface area contributed by atoms with E-state index in [-0.39, 0.29) is 0 Å². The monoisotopic (exact) mass is 229 g/mol. The molecule has 1 aromatic rings. The number of rotatable bonds is 6. The molecule has 0 spiro atoms. The summed E-state index contributed by atoms with van der Waals surface area (Å²) in [6.07, 6.45) is 1.66. The van der Waals surface area contributed by atoms with Gasteiger partial charge in [-0.15, -0.1) is 0 Å². The zero-order valence-corrected chi connectivity index (χ0v) is 9.77. The van der Waals surface area contributed by atoms with Crippen LogP contribution in [0.1, 0.15) is 5.56 Å². The van der Waals surface area contributed by atoms with Gasteiger partial charge in [0, 0.05) is 26.4 Å². The molecule has 0 bridgehead atoms. The second kappa shape index (κ2) is 6.61. The van der Waals surface area contributed by atoms with Crippen LogP contribution in [0.3, 0.4) is 0 Å². The lowest BCUT2D eigenvalue weighted by Gasteiger charge is -2.08. The Bertz CT molecular complexity index is 307. The number of methoxy groups -OCH3 is 1. The summed E-state index contributed by atoms with van der Waals surface area (Å²) in [7, 11) is 3.55. The largest absolute Gasteiger partial charge is 0.383 e. The van der Waals surface area contributed by atoms with E-state index < -0.39 is 0 Å². The molecular formula is C10H16ClN3O. The third-order valence-electron chi connectivity index (χ3n) is 1.91. The van der Waals surface area contributed by atoms with Crippen molar-refractivity contribution in [1.29, 1.82) is 0 Å². The van der Waals surface area contributed by atoms with Crippen LogP contribution in [-0.2, 0) is 11.3 Å². The number of anilines is 1. The van der Waals surface area contributed by atoms with Gasteiger partial charge in [-0.25, -0.2) is 4.98 Å². The second-order valence-electron chi connectivity index (χ2n) is 3.11. The minimum Gasteiger partial charge on any atom is -0.383 e. The maximum absolute atomic E-state index is 5.98. The van der Waals surface area contributed by atoms with Crippen molar-refractivity contribution in [2.75, 3.05) is 32.6 Å². The number of hydrogen-bond acceptors (Lipinski definition) is 4. The van der Waals surface area contributed by atoms with E-state index >= 15 is 0 Å². The predicted molar refractivity (Wildman–Crippen MR) is 62.4 cm³/mol. The van der Waals surface area contributed by atoms with Gasteiger partial charge in [0.1, 0.15) is 5.82 Å². The Morgan fingerprint density at radius 2 is 2.33 bits per heavy atom. The van der Waals surface area contributed by atoms with Crippen LogP contribution in [0.5, 0.6) is 0 Å². The standard InChI is InChI=1S/C10H16ClN3O/c1-12-6-8-5-10(13-3-4-15-2)14-7-9(8)11/h5,7,12H,3-4,6H2,1-2H3,(H,13,14). The number of aromatic nitrogens is 1. The van der Waals surface area contributed by atoms with Crippen LogP contribution in [0.25, 0.3) is 0 Å². The molecule has 0 atom stereocenters. The zero-order valence-electron chi connectivity index (χ0n) is 9.01. The lowest BCUT2D eigenvalue weighted by atomic mass is 10.2. The summed E-state index contributed by atoms with van der Waals surface area (Å²) in [5.41, 5.74) is 1.04. The van der Waals surface area contributed by atoms with Crippen LogP contribution in [-0.4, -0.2) is 32.3 Å². The molecule has 0 aliphatic rings. The van der Waals surface area contributed by atoms with Crippen LogP contribution in [0.2, 0.25) is 5.02 Å².